The number of nitrogens with one attached hydrogen (secondary N) is 2. The topological polar surface area (TPSA) is 84.0 Å². The molecule has 0 radical (unpaired) electrons. The fourth-order valence-electron chi connectivity index (χ4n) is 1.86. The SMILES string of the molecule is O=C(Nc1cccnc1F)c1ccnc(C(=O)NC2CC2)c1. The molecule has 7 heteroatoms. The number of carbonyl (C=O) groups excluding carboxylic acids is 2. The average Bonchev–Trinajstić information content (AvgIpc) is 3.33. The normalized spacial score (nSPS) is 13.5. The molecule has 0 aliphatic heterocycles. The summed E-state index contributed by atoms with van der Waals surface area (Å²) in [6, 6.07) is 5.96. The summed E-state index contributed by atoms with van der Waals surface area (Å²) in [6.07, 6.45) is 4.59. The Kier molecular flexibility index (Phi) is 3.78. The monoisotopic (exact) mass is 300 g/mol. The Balaban J connectivity index is 1.75. The van der Waals surface area contributed by atoms with Crippen molar-refractivity contribution in [2.45, 2.75) is 18.9 Å². The van der Waals surface area contributed by atoms with Gasteiger partial charge in [0.2, 0.25) is 5.95 Å². The fourth-order valence-corrected chi connectivity index (χ4v) is 1.86. The van der Waals surface area contributed by atoms with E-state index in [0.717, 1.165) is 12.8 Å². The van der Waals surface area contributed by atoms with Gasteiger partial charge in [0.1, 0.15) is 5.69 Å². The van der Waals surface area contributed by atoms with Crippen LogP contribution in [0.3, 0.4) is 0 Å². The molecule has 0 bridgehead atoms. The Morgan fingerprint density at radius 3 is 2.68 bits per heavy atom. The largest absolute Gasteiger partial charge is 0.348 e. The average molecular weight is 300 g/mol. The van der Waals surface area contributed by atoms with E-state index in [2.05, 4.69) is 20.6 Å². The maximum Gasteiger partial charge on any atom is 0.270 e. The van der Waals surface area contributed by atoms with Crippen molar-refractivity contribution < 1.29 is 14.0 Å². The third-order valence-corrected chi connectivity index (χ3v) is 3.17. The summed E-state index contributed by atoms with van der Waals surface area (Å²) in [7, 11) is 0. The Labute approximate surface area is 125 Å². The lowest BCUT2D eigenvalue weighted by molar-refractivity contribution is 0.0946. The van der Waals surface area contributed by atoms with E-state index in [0.29, 0.717) is 0 Å². The Bertz CT molecular complexity index is 731. The Hall–Kier alpha value is -2.83. The van der Waals surface area contributed by atoms with Gasteiger partial charge in [0.15, 0.2) is 0 Å². The highest BCUT2D eigenvalue weighted by molar-refractivity contribution is 6.05. The lowest BCUT2D eigenvalue weighted by atomic mass is 10.2. The lowest BCUT2D eigenvalue weighted by Gasteiger charge is -2.07. The molecule has 0 aromatic carbocycles. The van der Waals surface area contributed by atoms with Crippen LogP contribution in [-0.2, 0) is 0 Å². The van der Waals surface area contributed by atoms with Crippen LogP contribution < -0.4 is 10.6 Å². The molecule has 2 aromatic rings. The van der Waals surface area contributed by atoms with Crippen molar-refractivity contribution in [2.24, 2.45) is 0 Å². The van der Waals surface area contributed by atoms with Crippen molar-refractivity contribution in [1.82, 2.24) is 15.3 Å². The van der Waals surface area contributed by atoms with Crippen molar-refractivity contribution in [3.8, 4) is 0 Å². The molecule has 2 N–H and O–H groups in total. The zero-order chi connectivity index (χ0) is 15.5. The van der Waals surface area contributed by atoms with Gasteiger partial charge in [-0.05, 0) is 37.1 Å². The van der Waals surface area contributed by atoms with E-state index < -0.39 is 11.9 Å². The predicted octanol–water partition coefficient (Wildman–Crippen LogP) is 1.76. The Morgan fingerprint density at radius 1 is 1.14 bits per heavy atom. The van der Waals surface area contributed by atoms with Crippen LogP contribution in [0.1, 0.15) is 33.7 Å². The van der Waals surface area contributed by atoms with E-state index in [9.17, 15) is 14.0 Å². The summed E-state index contributed by atoms with van der Waals surface area (Å²) in [5, 5.41) is 5.20. The maximum absolute atomic E-state index is 13.4. The van der Waals surface area contributed by atoms with Crippen molar-refractivity contribution in [3.63, 3.8) is 0 Å². The first-order chi connectivity index (χ1) is 10.6. The van der Waals surface area contributed by atoms with Crippen molar-refractivity contribution >= 4 is 17.5 Å². The molecule has 22 heavy (non-hydrogen) atoms. The summed E-state index contributed by atoms with van der Waals surface area (Å²) in [5.41, 5.74) is 0.360. The first-order valence-corrected chi connectivity index (χ1v) is 6.82. The van der Waals surface area contributed by atoms with Crippen LogP contribution in [0.5, 0.6) is 0 Å². The van der Waals surface area contributed by atoms with Gasteiger partial charge in [-0.1, -0.05) is 0 Å². The quantitative estimate of drug-likeness (QED) is 0.843. The van der Waals surface area contributed by atoms with Crippen molar-refractivity contribution in [2.75, 3.05) is 5.32 Å². The molecule has 0 spiro atoms. The second-order valence-corrected chi connectivity index (χ2v) is 4.97. The van der Waals surface area contributed by atoms with E-state index in [-0.39, 0.29) is 28.9 Å². The van der Waals surface area contributed by atoms with Gasteiger partial charge >= 0.3 is 0 Å². The molecule has 1 aliphatic carbocycles. The van der Waals surface area contributed by atoms with E-state index in [1.54, 1.807) is 0 Å². The molecule has 0 saturated heterocycles. The third kappa shape index (κ3) is 3.25. The molecule has 1 aliphatic rings. The number of pyridine rings is 2. The number of hydrogen-bond acceptors (Lipinski definition) is 4. The van der Waals surface area contributed by atoms with Crippen LogP contribution in [0, 0.1) is 5.95 Å². The standard InChI is InChI=1S/C15H13FN4O2/c16-13-11(2-1-6-18-13)20-14(21)9-5-7-17-12(8-9)15(22)19-10-3-4-10/h1-2,5-8,10H,3-4H2,(H,19,22)(H,20,21). The van der Waals surface area contributed by atoms with Gasteiger partial charge in [0, 0.05) is 24.0 Å². The molecule has 0 unspecified atom stereocenters. The van der Waals surface area contributed by atoms with Crippen LogP contribution in [0.2, 0.25) is 0 Å². The first-order valence-electron chi connectivity index (χ1n) is 6.82. The van der Waals surface area contributed by atoms with Crippen LogP contribution in [-0.4, -0.2) is 27.8 Å². The van der Waals surface area contributed by atoms with E-state index in [4.69, 9.17) is 0 Å². The highest BCUT2D eigenvalue weighted by atomic mass is 19.1. The molecule has 0 atom stereocenters. The third-order valence-electron chi connectivity index (χ3n) is 3.17. The molecule has 2 aromatic heterocycles. The molecule has 1 saturated carbocycles. The number of halogens is 1. The number of anilines is 1. The van der Waals surface area contributed by atoms with E-state index >= 15 is 0 Å². The summed E-state index contributed by atoms with van der Waals surface area (Å²) in [5.74, 6) is -1.61. The van der Waals surface area contributed by atoms with Gasteiger partial charge < -0.3 is 10.6 Å². The van der Waals surface area contributed by atoms with E-state index in [1.165, 1.54) is 36.7 Å². The van der Waals surface area contributed by atoms with Gasteiger partial charge in [0.25, 0.3) is 11.8 Å². The van der Waals surface area contributed by atoms with Gasteiger partial charge in [-0.2, -0.15) is 4.39 Å². The lowest BCUT2D eigenvalue weighted by Crippen LogP contribution is -2.26. The molecular weight excluding hydrogens is 287 g/mol. The minimum absolute atomic E-state index is 0.0201. The minimum atomic E-state index is -0.767. The molecular formula is C15H13FN4O2. The number of aromatic nitrogens is 2. The minimum Gasteiger partial charge on any atom is -0.348 e. The molecule has 6 nitrogen and oxygen atoms in total. The predicted molar refractivity (Wildman–Crippen MR) is 76.9 cm³/mol. The fraction of sp³-hybridized carbons (Fsp3) is 0.200. The second kappa shape index (κ2) is 5.88. The summed E-state index contributed by atoms with van der Waals surface area (Å²) < 4.78 is 13.4. The number of hydrogen-bond donors (Lipinski definition) is 2. The molecule has 1 fully saturated rings. The Morgan fingerprint density at radius 2 is 1.95 bits per heavy atom. The number of nitrogens with zero attached hydrogens (tertiary/aromatic N) is 2. The summed E-state index contributed by atoms with van der Waals surface area (Å²) in [4.78, 5) is 31.4. The molecule has 2 amide bonds. The van der Waals surface area contributed by atoms with Gasteiger partial charge in [0.05, 0.1) is 5.69 Å². The highest BCUT2D eigenvalue weighted by Gasteiger charge is 2.24. The number of rotatable bonds is 4. The van der Waals surface area contributed by atoms with Gasteiger partial charge in [-0.25, -0.2) is 4.98 Å². The van der Waals surface area contributed by atoms with Crippen LogP contribution in [0.15, 0.2) is 36.7 Å². The number of amides is 2. The first kappa shape index (κ1) is 14.1. The van der Waals surface area contributed by atoms with Crippen LogP contribution >= 0.6 is 0 Å². The molecule has 112 valence electrons. The maximum atomic E-state index is 13.4. The van der Waals surface area contributed by atoms with Gasteiger partial charge in [-0.15, -0.1) is 0 Å². The smallest absolute Gasteiger partial charge is 0.270 e. The van der Waals surface area contributed by atoms with Crippen molar-refractivity contribution in [1.29, 1.82) is 0 Å². The van der Waals surface area contributed by atoms with Crippen LogP contribution in [0.4, 0.5) is 10.1 Å². The highest BCUT2D eigenvalue weighted by Crippen LogP contribution is 2.19. The number of carbonyl (C=O) groups is 2. The zero-order valence-corrected chi connectivity index (χ0v) is 11.5. The zero-order valence-electron chi connectivity index (χ0n) is 11.5. The summed E-state index contributed by atoms with van der Waals surface area (Å²) >= 11 is 0. The molecule has 2 heterocycles. The van der Waals surface area contributed by atoms with Crippen LogP contribution in [0.25, 0.3) is 0 Å². The van der Waals surface area contributed by atoms with E-state index in [1.807, 2.05) is 0 Å². The molecule has 3 rings (SSSR count). The second-order valence-electron chi connectivity index (χ2n) is 4.97. The summed E-state index contributed by atoms with van der Waals surface area (Å²) in [6.45, 7) is 0. The van der Waals surface area contributed by atoms with Gasteiger partial charge in [-0.3, -0.25) is 14.6 Å². The van der Waals surface area contributed by atoms with Crippen molar-refractivity contribution in [3.05, 3.63) is 53.9 Å².